The van der Waals surface area contributed by atoms with Crippen molar-refractivity contribution in [1.29, 1.82) is 0 Å². The van der Waals surface area contributed by atoms with Crippen molar-refractivity contribution >= 4 is 21.7 Å². The van der Waals surface area contributed by atoms with Crippen LogP contribution in [0, 0.1) is 13.8 Å². The number of hydrogen-bond donors (Lipinski definition) is 1. The van der Waals surface area contributed by atoms with Gasteiger partial charge in [0.05, 0.1) is 21.4 Å². The summed E-state index contributed by atoms with van der Waals surface area (Å²) in [6, 6.07) is 0. The normalized spacial score (nSPS) is 10.9. The van der Waals surface area contributed by atoms with Crippen molar-refractivity contribution in [2.45, 2.75) is 47.0 Å². The summed E-state index contributed by atoms with van der Waals surface area (Å²) < 4.78 is 6.19. The first-order chi connectivity index (χ1) is 10.1. The van der Waals surface area contributed by atoms with Gasteiger partial charge in [0.2, 0.25) is 0 Å². The van der Waals surface area contributed by atoms with E-state index in [0.717, 1.165) is 58.8 Å². The van der Waals surface area contributed by atoms with Crippen LogP contribution in [0.3, 0.4) is 0 Å². The molecule has 0 bridgehead atoms. The van der Waals surface area contributed by atoms with Crippen LogP contribution in [-0.4, -0.2) is 21.7 Å². The van der Waals surface area contributed by atoms with E-state index in [0.29, 0.717) is 5.82 Å². The van der Waals surface area contributed by atoms with Crippen molar-refractivity contribution in [1.82, 2.24) is 15.1 Å². The first kappa shape index (κ1) is 15.9. The topological polar surface area (TPSA) is 63.8 Å². The number of halogens is 1. The summed E-state index contributed by atoms with van der Waals surface area (Å²) >= 11 is 3.62. The van der Waals surface area contributed by atoms with E-state index >= 15 is 0 Å². The second-order valence-corrected chi connectivity index (χ2v) is 5.83. The maximum absolute atomic E-state index is 5.24. The molecule has 21 heavy (non-hydrogen) atoms. The van der Waals surface area contributed by atoms with E-state index in [4.69, 9.17) is 9.51 Å². The molecule has 0 saturated heterocycles. The second-order valence-electron chi connectivity index (χ2n) is 5.03. The Bertz CT molecular complexity index is 605. The fourth-order valence-corrected chi connectivity index (χ4v) is 2.69. The first-order valence-electron chi connectivity index (χ1n) is 7.32. The van der Waals surface area contributed by atoms with Gasteiger partial charge in [-0.05, 0) is 42.6 Å². The lowest BCUT2D eigenvalue weighted by Gasteiger charge is -2.12. The number of hydrogen-bond acceptors (Lipinski definition) is 5. The predicted octanol–water partition coefficient (Wildman–Crippen LogP) is 4.29. The Kier molecular flexibility index (Phi) is 5.33. The minimum atomic E-state index is 0.677. The van der Waals surface area contributed by atoms with Gasteiger partial charge in [-0.1, -0.05) is 25.4 Å². The van der Waals surface area contributed by atoms with Gasteiger partial charge in [0, 0.05) is 6.54 Å². The maximum Gasteiger partial charge on any atom is 0.167 e. The van der Waals surface area contributed by atoms with Crippen LogP contribution in [0.2, 0.25) is 0 Å². The van der Waals surface area contributed by atoms with Crippen LogP contribution < -0.4 is 5.32 Å². The Labute approximate surface area is 133 Å². The van der Waals surface area contributed by atoms with Crippen LogP contribution in [0.1, 0.15) is 43.8 Å². The molecule has 2 heterocycles. The largest absolute Gasteiger partial charge is 0.369 e. The van der Waals surface area contributed by atoms with Gasteiger partial charge in [0.25, 0.3) is 0 Å². The summed E-state index contributed by atoms with van der Waals surface area (Å²) in [6.45, 7) is 8.95. The lowest BCUT2D eigenvalue weighted by Crippen LogP contribution is -2.08. The average Bonchev–Trinajstić information content (AvgIpc) is 2.79. The molecule has 0 amide bonds. The van der Waals surface area contributed by atoms with Crippen molar-refractivity contribution in [3.05, 3.63) is 21.6 Å². The Morgan fingerprint density at radius 2 is 1.90 bits per heavy atom. The van der Waals surface area contributed by atoms with Crippen LogP contribution >= 0.6 is 15.9 Å². The molecule has 0 aliphatic rings. The highest BCUT2D eigenvalue weighted by Gasteiger charge is 2.18. The van der Waals surface area contributed by atoms with E-state index in [1.807, 2.05) is 13.8 Å². The smallest absolute Gasteiger partial charge is 0.167 e. The molecule has 114 valence electrons. The lowest BCUT2D eigenvalue weighted by atomic mass is 10.1. The Morgan fingerprint density at radius 1 is 1.14 bits per heavy atom. The van der Waals surface area contributed by atoms with Crippen molar-refractivity contribution < 1.29 is 4.52 Å². The van der Waals surface area contributed by atoms with Crippen LogP contribution in [0.5, 0.6) is 0 Å². The number of nitrogens with one attached hydrogen (secondary N) is 1. The molecule has 1 N–H and O–H groups in total. The van der Waals surface area contributed by atoms with Gasteiger partial charge in [-0.2, -0.15) is 0 Å². The van der Waals surface area contributed by atoms with E-state index in [9.17, 15) is 0 Å². The highest BCUT2D eigenvalue weighted by molar-refractivity contribution is 9.10. The monoisotopic (exact) mass is 352 g/mol. The molecule has 0 aromatic carbocycles. The molecule has 0 aliphatic carbocycles. The highest BCUT2D eigenvalue weighted by atomic mass is 79.9. The zero-order chi connectivity index (χ0) is 15.4. The van der Waals surface area contributed by atoms with Gasteiger partial charge in [0.15, 0.2) is 5.82 Å². The zero-order valence-corrected chi connectivity index (χ0v) is 14.5. The van der Waals surface area contributed by atoms with E-state index in [1.54, 1.807) is 0 Å². The van der Waals surface area contributed by atoms with Crippen LogP contribution in [0.25, 0.3) is 11.4 Å². The summed E-state index contributed by atoms with van der Waals surface area (Å²) in [5, 5.41) is 7.35. The van der Waals surface area contributed by atoms with E-state index < -0.39 is 0 Å². The van der Waals surface area contributed by atoms with Crippen LogP contribution in [-0.2, 0) is 6.42 Å². The van der Waals surface area contributed by atoms with Gasteiger partial charge in [-0.3, -0.25) is 0 Å². The van der Waals surface area contributed by atoms with Gasteiger partial charge in [0.1, 0.15) is 11.6 Å². The van der Waals surface area contributed by atoms with Gasteiger partial charge >= 0.3 is 0 Å². The number of aromatic nitrogens is 3. The predicted molar refractivity (Wildman–Crippen MR) is 87.5 cm³/mol. The van der Waals surface area contributed by atoms with Crippen LogP contribution in [0.4, 0.5) is 5.82 Å². The SMILES string of the molecule is CCCNc1nc(-c2c(C)noc2C)nc(CCC)c1Br. The Balaban J connectivity index is 2.53. The van der Waals surface area contributed by atoms with Crippen molar-refractivity contribution in [2.75, 3.05) is 11.9 Å². The van der Waals surface area contributed by atoms with Crippen molar-refractivity contribution in [3.8, 4) is 11.4 Å². The van der Waals surface area contributed by atoms with Gasteiger partial charge in [-0.15, -0.1) is 0 Å². The third-order valence-electron chi connectivity index (χ3n) is 3.21. The number of nitrogens with zero attached hydrogens (tertiary/aromatic N) is 3. The summed E-state index contributed by atoms with van der Waals surface area (Å²) in [5.41, 5.74) is 2.72. The molecule has 0 unspecified atom stereocenters. The standard InChI is InChI=1S/C15H21BrN4O/c1-5-7-11-13(16)15(17-8-6-2)19-14(18-11)12-9(3)20-21-10(12)4/h5-8H2,1-4H3,(H,17,18,19). The second kappa shape index (κ2) is 7.02. The average molecular weight is 353 g/mol. The Morgan fingerprint density at radius 3 is 2.48 bits per heavy atom. The van der Waals surface area contributed by atoms with Gasteiger partial charge in [-0.25, -0.2) is 9.97 Å². The number of rotatable bonds is 6. The fraction of sp³-hybridized carbons (Fsp3) is 0.533. The Hall–Kier alpha value is -1.43. The summed E-state index contributed by atoms with van der Waals surface area (Å²) in [6.07, 6.45) is 2.98. The molecule has 6 heteroatoms. The molecule has 0 aliphatic heterocycles. The summed E-state index contributed by atoms with van der Waals surface area (Å²) in [5.74, 6) is 2.26. The first-order valence-corrected chi connectivity index (χ1v) is 8.11. The van der Waals surface area contributed by atoms with Crippen molar-refractivity contribution in [3.63, 3.8) is 0 Å². The molecule has 2 rings (SSSR count). The quantitative estimate of drug-likeness (QED) is 0.840. The molecular formula is C15H21BrN4O. The zero-order valence-electron chi connectivity index (χ0n) is 13.0. The number of anilines is 1. The molecule has 0 radical (unpaired) electrons. The highest BCUT2D eigenvalue weighted by Crippen LogP contribution is 2.30. The third-order valence-corrected chi connectivity index (χ3v) is 4.04. The summed E-state index contributed by atoms with van der Waals surface area (Å²) in [7, 11) is 0. The maximum atomic E-state index is 5.24. The van der Waals surface area contributed by atoms with Gasteiger partial charge < -0.3 is 9.84 Å². The van der Waals surface area contributed by atoms with E-state index in [-0.39, 0.29) is 0 Å². The molecule has 5 nitrogen and oxygen atoms in total. The van der Waals surface area contributed by atoms with E-state index in [1.165, 1.54) is 0 Å². The summed E-state index contributed by atoms with van der Waals surface area (Å²) in [4.78, 5) is 9.34. The number of aryl methyl sites for hydroxylation is 3. The molecule has 2 aromatic heterocycles. The van der Waals surface area contributed by atoms with Crippen molar-refractivity contribution in [2.24, 2.45) is 0 Å². The third kappa shape index (κ3) is 3.43. The molecule has 0 fully saturated rings. The van der Waals surface area contributed by atoms with E-state index in [2.05, 4.69) is 45.2 Å². The lowest BCUT2D eigenvalue weighted by molar-refractivity contribution is 0.393. The van der Waals surface area contributed by atoms with Crippen LogP contribution in [0.15, 0.2) is 9.00 Å². The molecule has 0 saturated carbocycles. The fourth-order valence-electron chi connectivity index (χ4n) is 2.17. The minimum absolute atomic E-state index is 0.677. The molecule has 2 aromatic rings. The minimum Gasteiger partial charge on any atom is -0.369 e. The molecular weight excluding hydrogens is 332 g/mol. The molecule has 0 spiro atoms. The molecule has 0 atom stereocenters.